The molecule has 1 aliphatic heterocycles. The SMILES string of the molecule is O=C(C[NH+]1CC[NH+](Cn2nc(-c3ccco3)oc2=S)CC1)Nc1ccc(Cl)c(C(F)(F)F)c1. The second-order valence-electron chi connectivity index (χ2n) is 7.73. The zero-order chi connectivity index (χ0) is 23.6. The second-order valence-corrected chi connectivity index (χ2v) is 8.48. The van der Waals surface area contributed by atoms with Gasteiger partial charge in [-0.15, -0.1) is 5.10 Å². The average Bonchev–Trinajstić information content (AvgIpc) is 3.40. The van der Waals surface area contributed by atoms with Crippen LogP contribution in [-0.2, 0) is 17.6 Å². The second kappa shape index (κ2) is 9.67. The lowest BCUT2D eigenvalue weighted by atomic mass is 10.2. The number of benzene rings is 1. The van der Waals surface area contributed by atoms with Crippen LogP contribution in [0, 0.1) is 4.84 Å². The number of furan rings is 1. The fraction of sp³-hybridized carbons (Fsp3) is 0.350. The maximum Gasteiger partial charge on any atom is 0.417 e. The Labute approximate surface area is 196 Å². The van der Waals surface area contributed by atoms with Gasteiger partial charge in [0, 0.05) is 5.69 Å². The highest BCUT2D eigenvalue weighted by molar-refractivity contribution is 7.71. The van der Waals surface area contributed by atoms with Crippen molar-refractivity contribution in [2.75, 3.05) is 38.0 Å². The van der Waals surface area contributed by atoms with Crippen molar-refractivity contribution in [3.63, 3.8) is 0 Å². The summed E-state index contributed by atoms with van der Waals surface area (Å²) in [5.41, 5.74) is -0.915. The van der Waals surface area contributed by atoms with Crippen LogP contribution in [0.2, 0.25) is 5.02 Å². The number of anilines is 1. The first kappa shape index (κ1) is 23.5. The number of nitrogens with one attached hydrogen (secondary N) is 3. The molecule has 0 saturated carbocycles. The van der Waals surface area contributed by atoms with Crippen LogP contribution >= 0.6 is 23.8 Å². The number of carbonyl (C=O) groups is 1. The topological polar surface area (TPSA) is 82.1 Å². The fourth-order valence-electron chi connectivity index (χ4n) is 3.66. The Kier molecular flexibility index (Phi) is 6.88. The summed E-state index contributed by atoms with van der Waals surface area (Å²) in [6.07, 6.45) is -3.06. The van der Waals surface area contributed by atoms with Gasteiger partial charge >= 0.3 is 6.18 Å². The Hall–Kier alpha value is -2.67. The molecular weight excluding hydrogens is 483 g/mol. The molecule has 176 valence electrons. The van der Waals surface area contributed by atoms with Gasteiger partial charge in [0.05, 0.1) is 16.8 Å². The first-order chi connectivity index (χ1) is 15.7. The molecule has 0 aliphatic carbocycles. The van der Waals surface area contributed by atoms with Gasteiger partial charge in [-0.05, 0) is 42.5 Å². The first-order valence-corrected chi connectivity index (χ1v) is 10.9. The predicted molar refractivity (Wildman–Crippen MR) is 114 cm³/mol. The molecule has 4 rings (SSSR count). The van der Waals surface area contributed by atoms with Crippen LogP contribution in [0.25, 0.3) is 11.7 Å². The van der Waals surface area contributed by atoms with Crippen molar-refractivity contribution in [1.29, 1.82) is 0 Å². The number of hydrogen-bond donors (Lipinski definition) is 3. The van der Waals surface area contributed by atoms with Crippen LogP contribution in [0.15, 0.2) is 45.4 Å². The number of halogens is 4. The smallest absolute Gasteiger partial charge is 0.417 e. The minimum atomic E-state index is -4.59. The summed E-state index contributed by atoms with van der Waals surface area (Å²) in [4.78, 5) is 14.9. The van der Waals surface area contributed by atoms with Crippen LogP contribution in [0.5, 0.6) is 0 Å². The molecule has 3 N–H and O–H groups in total. The van der Waals surface area contributed by atoms with E-state index in [-0.39, 0.29) is 23.0 Å². The molecule has 8 nitrogen and oxygen atoms in total. The van der Waals surface area contributed by atoms with Gasteiger partial charge in [0.15, 0.2) is 19.0 Å². The molecule has 0 atom stereocenters. The monoisotopic (exact) mass is 503 g/mol. The van der Waals surface area contributed by atoms with E-state index in [9.17, 15) is 18.0 Å². The molecule has 0 spiro atoms. The maximum atomic E-state index is 13.0. The van der Waals surface area contributed by atoms with Gasteiger partial charge in [-0.25, -0.2) is 0 Å². The molecule has 0 radical (unpaired) electrons. The lowest BCUT2D eigenvalue weighted by molar-refractivity contribution is -1.02. The van der Waals surface area contributed by atoms with Crippen LogP contribution in [0.4, 0.5) is 18.9 Å². The molecule has 1 amide bonds. The number of rotatable bonds is 6. The van der Waals surface area contributed by atoms with E-state index in [1.165, 1.54) is 17.2 Å². The summed E-state index contributed by atoms with van der Waals surface area (Å²) < 4.78 is 51.4. The van der Waals surface area contributed by atoms with Crippen molar-refractivity contribution in [2.45, 2.75) is 12.8 Å². The van der Waals surface area contributed by atoms with Crippen molar-refractivity contribution in [2.24, 2.45) is 0 Å². The number of nitrogens with zero attached hydrogens (tertiary/aromatic N) is 2. The Morgan fingerprint density at radius 2 is 1.94 bits per heavy atom. The molecule has 0 unspecified atom stereocenters. The van der Waals surface area contributed by atoms with Gasteiger partial charge < -0.3 is 24.0 Å². The van der Waals surface area contributed by atoms with E-state index < -0.39 is 16.8 Å². The van der Waals surface area contributed by atoms with Crippen molar-refractivity contribution in [3.8, 4) is 11.7 Å². The van der Waals surface area contributed by atoms with Crippen LogP contribution < -0.4 is 15.1 Å². The van der Waals surface area contributed by atoms with Crippen molar-refractivity contribution < 1.29 is 36.6 Å². The molecule has 33 heavy (non-hydrogen) atoms. The van der Waals surface area contributed by atoms with Crippen LogP contribution in [0.1, 0.15) is 5.56 Å². The lowest BCUT2D eigenvalue weighted by Gasteiger charge is -2.28. The molecule has 3 heterocycles. The Balaban J connectivity index is 1.28. The summed E-state index contributed by atoms with van der Waals surface area (Å²) in [6.45, 7) is 3.65. The molecule has 13 heteroatoms. The van der Waals surface area contributed by atoms with Gasteiger partial charge in [0.2, 0.25) is 0 Å². The minimum absolute atomic E-state index is 0.0631. The minimum Gasteiger partial charge on any atom is -0.459 e. The van der Waals surface area contributed by atoms with E-state index in [1.54, 1.807) is 16.8 Å². The van der Waals surface area contributed by atoms with Gasteiger partial charge in [0.25, 0.3) is 16.6 Å². The molecule has 1 aliphatic rings. The predicted octanol–water partition coefficient (Wildman–Crippen LogP) is 1.52. The van der Waals surface area contributed by atoms with Crippen LogP contribution in [-0.4, -0.2) is 48.4 Å². The van der Waals surface area contributed by atoms with E-state index >= 15 is 0 Å². The Morgan fingerprint density at radius 1 is 1.21 bits per heavy atom. The molecule has 1 fully saturated rings. The maximum absolute atomic E-state index is 13.0. The number of hydrogen-bond acceptors (Lipinski definition) is 5. The van der Waals surface area contributed by atoms with E-state index in [1.807, 2.05) is 0 Å². The van der Waals surface area contributed by atoms with Gasteiger partial charge in [-0.2, -0.15) is 17.9 Å². The number of carbonyl (C=O) groups excluding carboxylic acids is 1. The van der Waals surface area contributed by atoms with Crippen molar-refractivity contribution in [1.82, 2.24) is 9.78 Å². The Morgan fingerprint density at radius 3 is 2.61 bits per heavy atom. The fourth-order valence-corrected chi connectivity index (χ4v) is 4.07. The number of quaternary nitrogens is 2. The Bertz CT molecular complexity index is 1170. The summed E-state index contributed by atoms with van der Waals surface area (Å²) in [5.74, 6) is 0.463. The quantitative estimate of drug-likeness (QED) is 0.444. The van der Waals surface area contributed by atoms with E-state index in [0.717, 1.165) is 30.1 Å². The van der Waals surface area contributed by atoms with Crippen LogP contribution in [0.3, 0.4) is 0 Å². The number of piperazine rings is 1. The summed E-state index contributed by atoms with van der Waals surface area (Å²) in [6, 6.07) is 6.79. The lowest BCUT2D eigenvalue weighted by Crippen LogP contribution is -3.28. The zero-order valence-corrected chi connectivity index (χ0v) is 18.8. The molecule has 2 aromatic heterocycles. The molecule has 1 aromatic carbocycles. The summed E-state index contributed by atoms with van der Waals surface area (Å²) in [7, 11) is 0. The van der Waals surface area contributed by atoms with E-state index in [4.69, 9.17) is 32.7 Å². The summed E-state index contributed by atoms with van der Waals surface area (Å²) >= 11 is 10.9. The number of amides is 1. The molecular formula is C20H21ClF3N5O3S+2. The molecule has 1 saturated heterocycles. The standard InChI is InChI=1S/C20H19ClF3N5O3S/c21-15-4-3-13(10-14(15)20(22,23)24)25-17(30)11-27-5-7-28(8-6-27)12-29-19(33)32-18(26-29)16-2-1-9-31-16/h1-4,9-10H,5-8,11-12H2,(H,25,30)/p+2. The summed E-state index contributed by atoms with van der Waals surface area (Å²) in [5, 5.41) is 6.48. The zero-order valence-electron chi connectivity index (χ0n) is 17.2. The molecule has 3 aromatic rings. The van der Waals surface area contributed by atoms with Gasteiger partial charge in [-0.1, -0.05) is 11.6 Å². The van der Waals surface area contributed by atoms with Gasteiger partial charge in [0.1, 0.15) is 26.2 Å². The van der Waals surface area contributed by atoms with Crippen molar-refractivity contribution >= 4 is 35.4 Å². The van der Waals surface area contributed by atoms with Crippen molar-refractivity contribution in [3.05, 3.63) is 52.0 Å². The third-order valence-corrected chi connectivity index (χ3v) is 5.97. The molecule has 0 bridgehead atoms. The first-order valence-electron chi connectivity index (χ1n) is 10.1. The normalized spacial score (nSPS) is 18.9. The van der Waals surface area contributed by atoms with E-state index in [2.05, 4.69) is 10.4 Å². The van der Waals surface area contributed by atoms with E-state index in [0.29, 0.717) is 31.4 Å². The average molecular weight is 504 g/mol. The third-order valence-electron chi connectivity index (χ3n) is 5.34. The third kappa shape index (κ3) is 5.82. The number of aromatic nitrogens is 2. The highest BCUT2D eigenvalue weighted by Gasteiger charge is 2.33. The highest BCUT2D eigenvalue weighted by Crippen LogP contribution is 2.36. The largest absolute Gasteiger partial charge is 0.459 e. The van der Waals surface area contributed by atoms with Gasteiger partial charge in [-0.3, -0.25) is 4.79 Å². The highest BCUT2D eigenvalue weighted by atomic mass is 35.5. The number of alkyl halides is 3.